The highest BCUT2D eigenvalue weighted by Crippen LogP contribution is 2.23. The molecule has 2 atom stereocenters. The molecule has 1 saturated heterocycles. The third-order valence-corrected chi connectivity index (χ3v) is 3.37. The molecule has 1 fully saturated rings. The summed E-state index contributed by atoms with van der Waals surface area (Å²) < 4.78 is 10.4. The largest absolute Gasteiger partial charge is 0.480 e. The first-order valence-corrected chi connectivity index (χ1v) is 6.87. The van der Waals surface area contributed by atoms with Crippen molar-refractivity contribution in [3.8, 4) is 0 Å². The highest BCUT2D eigenvalue weighted by molar-refractivity contribution is 5.82. The van der Waals surface area contributed by atoms with Crippen LogP contribution in [0.2, 0.25) is 0 Å². The summed E-state index contributed by atoms with van der Waals surface area (Å²) >= 11 is 0. The van der Waals surface area contributed by atoms with Crippen LogP contribution in [-0.4, -0.2) is 55.6 Å². The summed E-state index contributed by atoms with van der Waals surface area (Å²) in [6.45, 7) is 3.49. The molecule has 7 heteroatoms. The first kappa shape index (κ1) is 16.7. The molecule has 0 aliphatic carbocycles. The zero-order valence-corrected chi connectivity index (χ0v) is 12.1. The number of hydrogen-bond donors (Lipinski definition) is 3. The van der Waals surface area contributed by atoms with Crippen LogP contribution in [0.5, 0.6) is 0 Å². The van der Waals surface area contributed by atoms with Gasteiger partial charge in [0.15, 0.2) is 0 Å². The van der Waals surface area contributed by atoms with Gasteiger partial charge in [0.05, 0.1) is 5.60 Å². The number of amides is 2. The second kappa shape index (κ2) is 8.06. The van der Waals surface area contributed by atoms with Crippen molar-refractivity contribution < 1.29 is 24.2 Å². The van der Waals surface area contributed by atoms with E-state index in [1.807, 2.05) is 6.92 Å². The Morgan fingerprint density at radius 3 is 2.80 bits per heavy atom. The van der Waals surface area contributed by atoms with Crippen LogP contribution in [0.4, 0.5) is 4.79 Å². The molecule has 0 saturated carbocycles. The molecule has 2 amide bonds. The van der Waals surface area contributed by atoms with E-state index in [2.05, 4.69) is 10.6 Å². The Balaban J connectivity index is 2.31. The number of hydrogen-bond acceptors (Lipinski definition) is 4. The lowest BCUT2D eigenvalue weighted by Gasteiger charge is -2.24. The van der Waals surface area contributed by atoms with Crippen LogP contribution in [0.3, 0.4) is 0 Å². The minimum atomic E-state index is -1.04. The van der Waals surface area contributed by atoms with Gasteiger partial charge in [-0.1, -0.05) is 0 Å². The summed E-state index contributed by atoms with van der Waals surface area (Å²) in [5, 5.41) is 14.2. The van der Waals surface area contributed by atoms with Crippen LogP contribution < -0.4 is 10.6 Å². The van der Waals surface area contributed by atoms with Crippen molar-refractivity contribution >= 4 is 12.0 Å². The normalized spacial score (nSPS) is 23.3. The lowest BCUT2D eigenvalue weighted by molar-refractivity contribution is -0.139. The predicted octanol–water partition coefficient (Wildman–Crippen LogP) is 0.735. The third kappa shape index (κ3) is 5.75. The summed E-state index contributed by atoms with van der Waals surface area (Å²) in [5.74, 6) is -1.04. The van der Waals surface area contributed by atoms with Crippen molar-refractivity contribution in [2.75, 3.05) is 26.9 Å². The number of ether oxygens (including phenoxy) is 2. The second-order valence-electron chi connectivity index (χ2n) is 5.25. The van der Waals surface area contributed by atoms with Gasteiger partial charge in [-0.3, -0.25) is 0 Å². The smallest absolute Gasteiger partial charge is 0.326 e. The van der Waals surface area contributed by atoms with Gasteiger partial charge in [-0.25, -0.2) is 9.59 Å². The van der Waals surface area contributed by atoms with Crippen molar-refractivity contribution in [1.82, 2.24) is 10.6 Å². The zero-order valence-electron chi connectivity index (χ0n) is 12.1. The number of aliphatic carboxylic acids is 1. The molecule has 0 aromatic carbocycles. The first-order chi connectivity index (χ1) is 9.47. The van der Waals surface area contributed by atoms with Gasteiger partial charge >= 0.3 is 12.0 Å². The summed E-state index contributed by atoms with van der Waals surface area (Å²) in [6, 6.07) is -1.38. The fraction of sp³-hybridized carbons (Fsp3) is 0.846. The molecule has 116 valence electrons. The van der Waals surface area contributed by atoms with Gasteiger partial charge in [-0.05, 0) is 32.6 Å². The van der Waals surface area contributed by atoms with Crippen LogP contribution in [0.25, 0.3) is 0 Å². The first-order valence-electron chi connectivity index (χ1n) is 6.87. The van der Waals surface area contributed by atoms with E-state index in [-0.39, 0.29) is 5.60 Å². The van der Waals surface area contributed by atoms with Gasteiger partial charge in [0.25, 0.3) is 0 Å². The third-order valence-electron chi connectivity index (χ3n) is 3.37. The molecule has 1 rings (SSSR count). The monoisotopic (exact) mass is 288 g/mol. The molecule has 1 aliphatic heterocycles. The Bertz CT molecular complexity index is 329. The van der Waals surface area contributed by atoms with Crippen molar-refractivity contribution in [2.45, 2.75) is 44.2 Å². The topological polar surface area (TPSA) is 96.9 Å². The number of carboxylic acid groups (broad SMARTS) is 1. The van der Waals surface area contributed by atoms with E-state index < -0.39 is 18.0 Å². The quantitative estimate of drug-likeness (QED) is 0.572. The minimum Gasteiger partial charge on any atom is -0.480 e. The second-order valence-corrected chi connectivity index (χ2v) is 5.25. The molecule has 0 bridgehead atoms. The minimum absolute atomic E-state index is 0.338. The summed E-state index contributed by atoms with van der Waals surface area (Å²) in [5.41, 5.74) is -0.341. The fourth-order valence-electron chi connectivity index (χ4n) is 2.14. The molecular formula is C13H24N2O5. The van der Waals surface area contributed by atoms with Crippen molar-refractivity contribution in [2.24, 2.45) is 0 Å². The Morgan fingerprint density at radius 2 is 2.25 bits per heavy atom. The van der Waals surface area contributed by atoms with E-state index in [1.54, 1.807) is 7.11 Å². The molecule has 1 heterocycles. The Labute approximate surface area is 119 Å². The molecule has 1 aliphatic rings. The van der Waals surface area contributed by atoms with Gasteiger partial charge in [0, 0.05) is 26.9 Å². The lowest BCUT2D eigenvalue weighted by atomic mass is 10.0. The average molecular weight is 288 g/mol. The molecule has 20 heavy (non-hydrogen) atoms. The van der Waals surface area contributed by atoms with Gasteiger partial charge < -0.3 is 25.2 Å². The number of nitrogens with one attached hydrogen (secondary N) is 2. The highest BCUT2D eigenvalue weighted by atomic mass is 16.5. The number of carbonyl (C=O) groups is 2. The molecular weight excluding hydrogens is 264 g/mol. The maximum atomic E-state index is 11.7. The van der Waals surface area contributed by atoms with E-state index in [4.69, 9.17) is 14.6 Å². The Kier molecular flexibility index (Phi) is 6.74. The summed E-state index contributed by atoms with van der Waals surface area (Å²) in [4.78, 5) is 22.8. The molecule has 0 spiro atoms. The predicted molar refractivity (Wildman–Crippen MR) is 72.7 cm³/mol. The van der Waals surface area contributed by atoms with Crippen LogP contribution in [0.1, 0.15) is 32.6 Å². The van der Waals surface area contributed by atoms with Gasteiger partial charge in [0.1, 0.15) is 6.04 Å². The zero-order chi connectivity index (χ0) is 15.0. The van der Waals surface area contributed by atoms with Crippen molar-refractivity contribution in [1.29, 1.82) is 0 Å². The molecule has 0 aromatic heterocycles. The maximum absolute atomic E-state index is 11.7. The maximum Gasteiger partial charge on any atom is 0.326 e. The van der Waals surface area contributed by atoms with Gasteiger partial charge in [-0.2, -0.15) is 0 Å². The average Bonchev–Trinajstić information content (AvgIpc) is 2.83. The summed E-state index contributed by atoms with van der Waals surface area (Å²) in [6.07, 6.45) is 2.79. The Hall–Kier alpha value is -1.34. The molecule has 7 nitrogen and oxygen atoms in total. The molecule has 0 aromatic rings. The standard InChI is InChI=1S/C13H24N2O5/c1-13(6-4-8-20-13)9-14-12(18)15-10(11(16)17)5-3-7-19-2/h10H,3-9H2,1-2H3,(H,16,17)(H2,14,15,18). The lowest BCUT2D eigenvalue weighted by Crippen LogP contribution is -2.49. The van der Waals surface area contributed by atoms with Crippen molar-refractivity contribution in [3.05, 3.63) is 0 Å². The SMILES string of the molecule is COCCCC(NC(=O)NCC1(C)CCCO1)C(=O)O. The number of methoxy groups -OCH3 is 1. The van der Waals surface area contributed by atoms with Gasteiger partial charge in [-0.15, -0.1) is 0 Å². The molecule has 2 unspecified atom stereocenters. The fourth-order valence-corrected chi connectivity index (χ4v) is 2.14. The van der Waals surface area contributed by atoms with Crippen LogP contribution in [0, 0.1) is 0 Å². The number of carboxylic acids is 1. The van der Waals surface area contributed by atoms with Crippen LogP contribution >= 0.6 is 0 Å². The highest BCUT2D eigenvalue weighted by Gasteiger charge is 2.30. The number of urea groups is 1. The van der Waals surface area contributed by atoms with E-state index in [0.717, 1.165) is 12.8 Å². The van der Waals surface area contributed by atoms with Crippen molar-refractivity contribution in [3.63, 3.8) is 0 Å². The van der Waals surface area contributed by atoms with Gasteiger partial charge in [0.2, 0.25) is 0 Å². The van der Waals surface area contributed by atoms with Crippen LogP contribution in [0.15, 0.2) is 0 Å². The van der Waals surface area contributed by atoms with E-state index in [0.29, 0.717) is 32.6 Å². The van der Waals surface area contributed by atoms with E-state index in [9.17, 15) is 9.59 Å². The number of carbonyl (C=O) groups excluding carboxylic acids is 1. The molecule has 3 N–H and O–H groups in total. The number of rotatable bonds is 8. The molecule has 0 radical (unpaired) electrons. The van der Waals surface area contributed by atoms with Crippen LogP contribution in [-0.2, 0) is 14.3 Å². The Morgan fingerprint density at radius 1 is 1.50 bits per heavy atom. The van der Waals surface area contributed by atoms with E-state index >= 15 is 0 Å². The van der Waals surface area contributed by atoms with E-state index in [1.165, 1.54) is 0 Å². The summed E-state index contributed by atoms with van der Waals surface area (Å²) in [7, 11) is 1.55.